The predicted molar refractivity (Wildman–Crippen MR) is 120 cm³/mol. The van der Waals surface area contributed by atoms with Crippen LogP contribution in [0.1, 0.15) is 59.9 Å². The minimum absolute atomic E-state index is 0.0510. The maximum absolute atomic E-state index is 12.8. The van der Waals surface area contributed by atoms with Crippen molar-refractivity contribution in [2.75, 3.05) is 12.5 Å². The number of nitrogens with one attached hydrogen (secondary N) is 1. The number of hydrogen-bond acceptors (Lipinski definition) is 7. The second-order valence-electron chi connectivity index (χ2n) is 8.75. The number of carbonyl (C=O) groups excluding carboxylic acids is 2. The molecule has 2 aliphatic rings. The summed E-state index contributed by atoms with van der Waals surface area (Å²) in [7, 11) is 0. The Labute approximate surface area is 191 Å². The molecule has 1 N–H and O–H groups in total. The average molecular weight is 452 g/mol. The molecule has 0 bridgehead atoms. The Morgan fingerprint density at radius 3 is 2.81 bits per heavy atom. The summed E-state index contributed by atoms with van der Waals surface area (Å²) in [6.45, 7) is 6.61. The van der Waals surface area contributed by atoms with E-state index in [-0.39, 0.29) is 29.7 Å². The maximum atomic E-state index is 12.8. The largest absolute Gasteiger partial charge is 0.454 e. The highest BCUT2D eigenvalue weighted by atomic mass is 32.2. The lowest BCUT2D eigenvalue weighted by Crippen LogP contribution is -2.30. The molecule has 0 saturated carbocycles. The van der Waals surface area contributed by atoms with Crippen LogP contribution < -0.4 is 14.8 Å². The van der Waals surface area contributed by atoms with Crippen LogP contribution in [0.4, 0.5) is 0 Å². The zero-order valence-electron chi connectivity index (χ0n) is 18.4. The van der Waals surface area contributed by atoms with Crippen LogP contribution in [-0.2, 0) is 24.2 Å². The molecular weight excluding hydrogens is 426 g/mol. The number of ketones is 1. The normalized spacial score (nSPS) is 15.8. The fourth-order valence-electron chi connectivity index (χ4n) is 4.17. The Bertz CT molecular complexity index is 1140. The highest BCUT2D eigenvalue weighted by Gasteiger charge is 2.35. The molecule has 0 saturated heterocycles. The fraction of sp³-hybridized carbons (Fsp3) is 0.417. The standard InChI is InChI=1S/C24H25N3O4S/c1-4-15-16(10-25)23(27-17-8-24(2,3)9-18(28)22(15)17)32-12-21(29)26-11-14-5-6-19-20(7-14)31-13-30-19/h5-7H,4,8-9,11-13H2,1-3H3,(H,26,29). The van der Waals surface area contributed by atoms with Gasteiger partial charge in [0.1, 0.15) is 11.1 Å². The molecule has 0 fully saturated rings. The first-order chi connectivity index (χ1) is 15.3. The lowest BCUT2D eigenvalue weighted by molar-refractivity contribution is -0.118. The molecule has 166 valence electrons. The number of ether oxygens (including phenoxy) is 2. The van der Waals surface area contributed by atoms with Crippen molar-refractivity contribution < 1.29 is 19.1 Å². The van der Waals surface area contributed by atoms with E-state index in [2.05, 4.69) is 30.2 Å². The third kappa shape index (κ3) is 4.44. The molecule has 8 heteroatoms. The molecule has 1 aliphatic heterocycles. The summed E-state index contributed by atoms with van der Waals surface area (Å²) >= 11 is 1.24. The van der Waals surface area contributed by atoms with E-state index in [0.29, 0.717) is 53.5 Å². The van der Waals surface area contributed by atoms with Crippen LogP contribution in [0.5, 0.6) is 11.5 Å². The summed E-state index contributed by atoms with van der Waals surface area (Å²) in [5.74, 6) is 1.39. The molecule has 0 unspecified atom stereocenters. The number of thioether (sulfide) groups is 1. The van der Waals surface area contributed by atoms with Crippen molar-refractivity contribution in [2.45, 2.75) is 51.6 Å². The van der Waals surface area contributed by atoms with Crippen LogP contribution in [0.25, 0.3) is 0 Å². The van der Waals surface area contributed by atoms with Gasteiger partial charge in [-0.15, -0.1) is 0 Å². The van der Waals surface area contributed by atoms with E-state index < -0.39 is 0 Å². The number of carbonyl (C=O) groups is 2. The van der Waals surface area contributed by atoms with Crippen molar-refractivity contribution in [3.8, 4) is 17.6 Å². The van der Waals surface area contributed by atoms with Gasteiger partial charge in [-0.2, -0.15) is 5.26 Å². The molecule has 0 radical (unpaired) electrons. The molecule has 2 aromatic rings. The van der Waals surface area contributed by atoms with Crippen molar-refractivity contribution in [1.29, 1.82) is 5.26 Å². The Hall–Kier alpha value is -3.05. The van der Waals surface area contributed by atoms with Crippen molar-refractivity contribution in [3.05, 3.63) is 46.1 Å². The molecule has 1 amide bonds. The number of nitriles is 1. The van der Waals surface area contributed by atoms with Crippen molar-refractivity contribution in [3.63, 3.8) is 0 Å². The number of aromatic nitrogens is 1. The number of rotatable bonds is 6. The number of Topliss-reactive ketones (excluding diaryl/α,β-unsaturated/α-hetero) is 1. The van der Waals surface area contributed by atoms with Gasteiger partial charge in [0.05, 0.1) is 17.0 Å². The summed E-state index contributed by atoms with van der Waals surface area (Å²) in [6.07, 6.45) is 1.70. The Morgan fingerprint density at radius 1 is 1.28 bits per heavy atom. The Balaban J connectivity index is 1.47. The molecule has 4 rings (SSSR count). The molecule has 2 heterocycles. The SMILES string of the molecule is CCc1c(C#N)c(SCC(=O)NCc2ccc3c(c2)OCO3)nc2c1C(=O)CC(C)(C)C2. The smallest absolute Gasteiger partial charge is 0.231 e. The van der Waals surface area contributed by atoms with Gasteiger partial charge < -0.3 is 14.8 Å². The van der Waals surface area contributed by atoms with Gasteiger partial charge in [-0.05, 0) is 41.5 Å². The minimum atomic E-state index is -0.166. The third-order valence-electron chi connectivity index (χ3n) is 5.64. The summed E-state index contributed by atoms with van der Waals surface area (Å²) < 4.78 is 10.7. The van der Waals surface area contributed by atoms with Gasteiger partial charge in [0.25, 0.3) is 0 Å². The van der Waals surface area contributed by atoms with Gasteiger partial charge in [0, 0.05) is 18.5 Å². The van der Waals surface area contributed by atoms with E-state index >= 15 is 0 Å². The van der Waals surface area contributed by atoms with Crippen molar-refractivity contribution in [2.24, 2.45) is 5.41 Å². The molecule has 1 aliphatic carbocycles. The first-order valence-corrected chi connectivity index (χ1v) is 11.6. The highest BCUT2D eigenvalue weighted by molar-refractivity contribution is 8.00. The minimum Gasteiger partial charge on any atom is -0.454 e. The zero-order valence-corrected chi connectivity index (χ0v) is 19.2. The van der Waals surface area contributed by atoms with Crippen LogP contribution in [-0.4, -0.2) is 29.2 Å². The molecule has 0 spiro atoms. The molecular formula is C24H25N3O4S. The van der Waals surface area contributed by atoms with E-state index in [1.54, 1.807) is 0 Å². The molecule has 32 heavy (non-hydrogen) atoms. The molecule has 1 aromatic carbocycles. The summed E-state index contributed by atoms with van der Waals surface area (Å²) in [4.78, 5) is 29.9. The van der Waals surface area contributed by atoms with Crippen LogP contribution in [0.3, 0.4) is 0 Å². The van der Waals surface area contributed by atoms with Gasteiger partial charge in [0.2, 0.25) is 12.7 Å². The second-order valence-corrected chi connectivity index (χ2v) is 9.72. The van der Waals surface area contributed by atoms with Gasteiger partial charge in [-0.3, -0.25) is 9.59 Å². The molecule has 1 aromatic heterocycles. The molecule has 7 nitrogen and oxygen atoms in total. The van der Waals surface area contributed by atoms with Crippen LogP contribution in [0.15, 0.2) is 23.2 Å². The predicted octanol–water partition coefficient (Wildman–Crippen LogP) is 3.81. The quantitative estimate of drug-likeness (QED) is 0.667. The number of nitrogens with zero attached hydrogens (tertiary/aromatic N) is 2. The van der Waals surface area contributed by atoms with Gasteiger partial charge >= 0.3 is 0 Å². The van der Waals surface area contributed by atoms with Crippen molar-refractivity contribution >= 4 is 23.5 Å². The average Bonchev–Trinajstić information content (AvgIpc) is 3.22. The van der Waals surface area contributed by atoms with Crippen molar-refractivity contribution in [1.82, 2.24) is 10.3 Å². The lowest BCUT2D eigenvalue weighted by atomic mass is 9.74. The van der Waals surface area contributed by atoms with E-state index in [1.807, 2.05) is 25.1 Å². The van der Waals surface area contributed by atoms with E-state index in [4.69, 9.17) is 9.47 Å². The number of amides is 1. The summed E-state index contributed by atoms with van der Waals surface area (Å²) in [5.41, 5.74) is 3.26. The fourth-order valence-corrected chi connectivity index (χ4v) is 5.03. The summed E-state index contributed by atoms with van der Waals surface area (Å²) in [6, 6.07) is 7.77. The highest BCUT2D eigenvalue weighted by Crippen LogP contribution is 2.38. The molecule has 0 atom stereocenters. The Morgan fingerprint density at radius 2 is 2.06 bits per heavy atom. The maximum Gasteiger partial charge on any atom is 0.231 e. The topological polar surface area (TPSA) is 101 Å². The first-order valence-electron chi connectivity index (χ1n) is 10.6. The van der Waals surface area contributed by atoms with Crippen LogP contribution >= 0.6 is 11.8 Å². The van der Waals surface area contributed by atoms with Gasteiger partial charge in [-0.1, -0.05) is 38.6 Å². The zero-order chi connectivity index (χ0) is 22.9. The van der Waals surface area contributed by atoms with E-state index in [9.17, 15) is 14.9 Å². The number of hydrogen-bond donors (Lipinski definition) is 1. The van der Waals surface area contributed by atoms with Gasteiger partial charge in [0.15, 0.2) is 17.3 Å². The van der Waals surface area contributed by atoms with E-state index in [1.165, 1.54) is 11.8 Å². The van der Waals surface area contributed by atoms with Gasteiger partial charge in [-0.25, -0.2) is 4.98 Å². The number of fused-ring (bicyclic) bond motifs is 2. The van der Waals surface area contributed by atoms with Crippen LogP contribution in [0.2, 0.25) is 0 Å². The van der Waals surface area contributed by atoms with E-state index in [0.717, 1.165) is 16.8 Å². The first kappa shape index (κ1) is 22.2. The Kier molecular flexibility index (Phi) is 6.11. The second kappa shape index (κ2) is 8.83. The number of pyridine rings is 1. The number of benzene rings is 1. The van der Waals surface area contributed by atoms with Crippen LogP contribution in [0, 0.1) is 16.7 Å². The monoisotopic (exact) mass is 451 g/mol. The third-order valence-corrected chi connectivity index (χ3v) is 6.61. The summed E-state index contributed by atoms with van der Waals surface area (Å²) in [5, 5.41) is 13.2. The lowest BCUT2D eigenvalue weighted by Gasteiger charge is -2.31.